The Labute approximate surface area is 144 Å². The molecule has 0 spiro atoms. The maximum absolute atomic E-state index is 12.8. The van der Waals surface area contributed by atoms with Gasteiger partial charge in [-0.25, -0.2) is 4.79 Å². The van der Waals surface area contributed by atoms with E-state index in [1.54, 1.807) is 4.90 Å². The van der Waals surface area contributed by atoms with Crippen LogP contribution in [0.1, 0.15) is 38.7 Å². The van der Waals surface area contributed by atoms with Crippen LogP contribution in [0.4, 0.5) is 5.69 Å². The number of nitro groups is 1. The summed E-state index contributed by atoms with van der Waals surface area (Å²) in [6.07, 6.45) is 0.828. The number of carbonyl (C=O) groups excluding carboxylic acids is 2. The third-order valence-corrected chi connectivity index (χ3v) is 4.26. The predicted octanol–water partition coefficient (Wildman–Crippen LogP) is 2.97. The molecule has 0 aromatic heterocycles. The Hall–Kier alpha value is -3.22. The van der Waals surface area contributed by atoms with E-state index in [2.05, 4.69) is 4.74 Å². The number of benzene rings is 2. The van der Waals surface area contributed by atoms with Crippen molar-refractivity contribution < 1.29 is 19.2 Å². The number of hydrogen-bond donors (Lipinski definition) is 0. The SMILES string of the molecule is COC(=O)c1cc(C(=O)N2CC[C@H]2c2ccccc2)cc([N+](=O)[O-])c1. The minimum absolute atomic E-state index is 0.0168. The highest BCUT2D eigenvalue weighted by atomic mass is 16.6. The van der Waals surface area contributed by atoms with Crippen LogP contribution in [-0.2, 0) is 4.74 Å². The van der Waals surface area contributed by atoms with Gasteiger partial charge in [-0.15, -0.1) is 0 Å². The van der Waals surface area contributed by atoms with Gasteiger partial charge >= 0.3 is 5.97 Å². The van der Waals surface area contributed by atoms with Gasteiger partial charge in [-0.2, -0.15) is 0 Å². The van der Waals surface area contributed by atoms with Crippen molar-refractivity contribution in [2.24, 2.45) is 0 Å². The van der Waals surface area contributed by atoms with E-state index in [9.17, 15) is 19.7 Å². The third-order valence-electron chi connectivity index (χ3n) is 4.26. The fourth-order valence-electron chi connectivity index (χ4n) is 2.89. The monoisotopic (exact) mass is 340 g/mol. The normalized spacial score (nSPS) is 16.0. The molecule has 2 aromatic carbocycles. The van der Waals surface area contributed by atoms with E-state index in [-0.39, 0.29) is 28.8 Å². The molecular weight excluding hydrogens is 324 g/mol. The number of amides is 1. The van der Waals surface area contributed by atoms with Gasteiger partial charge in [-0.3, -0.25) is 14.9 Å². The molecule has 0 bridgehead atoms. The molecule has 1 heterocycles. The number of carbonyl (C=O) groups is 2. The molecule has 0 N–H and O–H groups in total. The van der Waals surface area contributed by atoms with Gasteiger partial charge in [0, 0.05) is 24.2 Å². The number of methoxy groups -OCH3 is 1. The number of ether oxygens (including phenoxy) is 1. The van der Waals surface area contributed by atoms with Gasteiger partial charge in [0.25, 0.3) is 11.6 Å². The first-order valence-corrected chi connectivity index (χ1v) is 7.75. The number of non-ortho nitro benzene ring substituents is 1. The van der Waals surface area contributed by atoms with Crippen LogP contribution in [0, 0.1) is 10.1 Å². The summed E-state index contributed by atoms with van der Waals surface area (Å²) < 4.78 is 4.61. The van der Waals surface area contributed by atoms with Gasteiger partial charge in [0.2, 0.25) is 0 Å². The summed E-state index contributed by atoms with van der Waals surface area (Å²) in [7, 11) is 1.18. The van der Waals surface area contributed by atoms with Crippen molar-refractivity contribution in [3.63, 3.8) is 0 Å². The molecule has 128 valence electrons. The molecular formula is C18H16N2O5. The Morgan fingerprint density at radius 3 is 2.40 bits per heavy atom. The van der Waals surface area contributed by atoms with E-state index in [0.29, 0.717) is 6.54 Å². The molecule has 0 aliphatic carbocycles. The lowest BCUT2D eigenvalue weighted by Gasteiger charge is -2.41. The molecule has 2 aromatic rings. The molecule has 25 heavy (non-hydrogen) atoms. The average Bonchev–Trinajstić information content (AvgIpc) is 2.60. The summed E-state index contributed by atoms with van der Waals surface area (Å²) in [5.41, 5.74) is 0.788. The maximum Gasteiger partial charge on any atom is 0.338 e. The molecule has 1 saturated heterocycles. The Morgan fingerprint density at radius 1 is 1.16 bits per heavy atom. The molecule has 0 unspecified atom stereocenters. The van der Waals surface area contributed by atoms with Crippen LogP contribution in [0.25, 0.3) is 0 Å². The van der Waals surface area contributed by atoms with Crippen molar-refractivity contribution >= 4 is 17.6 Å². The zero-order valence-electron chi connectivity index (χ0n) is 13.5. The van der Waals surface area contributed by atoms with Crippen molar-refractivity contribution in [1.82, 2.24) is 4.90 Å². The van der Waals surface area contributed by atoms with Crippen LogP contribution in [0.15, 0.2) is 48.5 Å². The topological polar surface area (TPSA) is 89.8 Å². The molecule has 1 atom stereocenters. The van der Waals surface area contributed by atoms with Gasteiger partial charge < -0.3 is 9.64 Å². The standard InChI is InChI=1S/C18H16N2O5/c1-25-18(22)14-9-13(10-15(11-14)20(23)24)17(21)19-8-7-16(19)12-5-3-2-4-6-12/h2-6,9-11,16H,7-8H2,1H3/t16-/m0/s1. The molecule has 3 rings (SSSR count). The highest BCUT2D eigenvalue weighted by molar-refractivity contribution is 5.99. The minimum Gasteiger partial charge on any atom is -0.465 e. The zero-order valence-corrected chi connectivity index (χ0v) is 13.5. The largest absolute Gasteiger partial charge is 0.465 e. The zero-order chi connectivity index (χ0) is 18.0. The lowest BCUT2D eigenvalue weighted by Crippen LogP contribution is -2.45. The number of hydrogen-bond acceptors (Lipinski definition) is 5. The van der Waals surface area contributed by atoms with Crippen molar-refractivity contribution in [2.75, 3.05) is 13.7 Å². The summed E-state index contributed by atoms with van der Waals surface area (Å²) in [6.45, 7) is 0.564. The van der Waals surface area contributed by atoms with E-state index in [1.165, 1.54) is 19.2 Å². The summed E-state index contributed by atoms with van der Waals surface area (Å²) in [4.78, 5) is 36.7. The smallest absolute Gasteiger partial charge is 0.338 e. The molecule has 1 aliphatic heterocycles. The molecule has 1 aliphatic rings. The van der Waals surface area contributed by atoms with Crippen LogP contribution in [0.2, 0.25) is 0 Å². The molecule has 7 nitrogen and oxygen atoms in total. The molecule has 0 saturated carbocycles. The fraction of sp³-hybridized carbons (Fsp3) is 0.222. The van der Waals surface area contributed by atoms with E-state index in [1.807, 2.05) is 30.3 Å². The first-order chi connectivity index (χ1) is 12.0. The van der Waals surface area contributed by atoms with Crippen LogP contribution in [0.3, 0.4) is 0 Å². The number of esters is 1. The quantitative estimate of drug-likeness (QED) is 0.485. The van der Waals surface area contributed by atoms with E-state index >= 15 is 0 Å². The van der Waals surface area contributed by atoms with Crippen molar-refractivity contribution in [3.05, 3.63) is 75.3 Å². The van der Waals surface area contributed by atoms with Gasteiger partial charge in [-0.1, -0.05) is 30.3 Å². The van der Waals surface area contributed by atoms with Crippen LogP contribution < -0.4 is 0 Å². The predicted molar refractivity (Wildman–Crippen MR) is 89.3 cm³/mol. The first kappa shape index (κ1) is 16.6. The minimum atomic E-state index is -0.721. The Balaban J connectivity index is 1.92. The first-order valence-electron chi connectivity index (χ1n) is 7.75. The van der Waals surface area contributed by atoms with Crippen molar-refractivity contribution in [2.45, 2.75) is 12.5 Å². The Kier molecular flexibility index (Phi) is 4.47. The summed E-state index contributed by atoms with van der Waals surface area (Å²) in [6, 6.07) is 13.2. The fourth-order valence-corrected chi connectivity index (χ4v) is 2.89. The number of rotatable bonds is 4. The maximum atomic E-state index is 12.8. The second-order valence-electron chi connectivity index (χ2n) is 5.73. The second kappa shape index (κ2) is 6.72. The Morgan fingerprint density at radius 2 is 1.84 bits per heavy atom. The van der Waals surface area contributed by atoms with Crippen LogP contribution >= 0.6 is 0 Å². The lowest BCUT2D eigenvalue weighted by atomic mass is 9.93. The van der Waals surface area contributed by atoms with Crippen LogP contribution in [0.5, 0.6) is 0 Å². The lowest BCUT2D eigenvalue weighted by molar-refractivity contribution is -0.384. The summed E-state index contributed by atoms with van der Waals surface area (Å²) in [5.74, 6) is -1.06. The molecule has 0 radical (unpaired) electrons. The van der Waals surface area contributed by atoms with Crippen LogP contribution in [-0.4, -0.2) is 35.4 Å². The van der Waals surface area contributed by atoms with Gasteiger partial charge in [-0.05, 0) is 18.1 Å². The summed E-state index contributed by atoms with van der Waals surface area (Å²) in [5, 5.41) is 11.1. The Bertz CT molecular complexity index is 835. The third kappa shape index (κ3) is 3.21. The number of nitro benzene ring substituents is 1. The highest BCUT2D eigenvalue weighted by Crippen LogP contribution is 2.34. The van der Waals surface area contributed by atoms with Crippen molar-refractivity contribution in [1.29, 1.82) is 0 Å². The van der Waals surface area contributed by atoms with E-state index in [4.69, 9.17) is 0 Å². The molecule has 1 fully saturated rings. The molecule has 7 heteroatoms. The number of likely N-dealkylation sites (tertiary alicyclic amines) is 1. The molecule has 1 amide bonds. The van der Waals surface area contributed by atoms with Gasteiger partial charge in [0.05, 0.1) is 23.6 Å². The van der Waals surface area contributed by atoms with Gasteiger partial charge in [0.15, 0.2) is 0 Å². The van der Waals surface area contributed by atoms with Gasteiger partial charge in [0.1, 0.15) is 0 Å². The highest BCUT2D eigenvalue weighted by Gasteiger charge is 2.34. The summed E-state index contributed by atoms with van der Waals surface area (Å²) >= 11 is 0. The number of nitrogens with zero attached hydrogens (tertiary/aromatic N) is 2. The van der Waals surface area contributed by atoms with E-state index < -0.39 is 10.9 Å². The van der Waals surface area contributed by atoms with Crippen molar-refractivity contribution in [3.8, 4) is 0 Å². The second-order valence-corrected chi connectivity index (χ2v) is 5.73. The average molecular weight is 340 g/mol. The van der Waals surface area contributed by atoms with E-state index in [0.717, 1.165) is 18.1 Å².